The maximum atomic E-state index is 15.7. The molecule has 0 spiro atoms. The third-order valence-corrected chi connectivity index (χ3v) is 14.5. The van der Waals surface area contributed by atoms with Crippen LogP contribution in [0.15, 0.2) is 120 Å². The first-order valence-corrected chi connectivity index (χ1v) is 26.7. The summed E-state index contributed by atoms with van der Waals surface area (Å²) >= 11 is 0. The molecule has 2 aliphatic carbocycles. The highest BCUT2D eigenvalue weighted by atomic mass is 16.3. The van der Waals surface area contributed by atoms with E-state index in [4.69, 9.17) is 6.57 Å². The summed E-state index contributed by atoms with van der Waals surface area (Å²) in [4.78, 5) is 6.54. The maximum absolute atomic E-state index is 15.7. The van der Waals surface area contributed by atoms with Crippen LogP contribution in [-0.2, 0) is 0 Å². The van der Waals surface area contributed by atoms with Gasteiger partial charge in [0.05, 0.1) is 29.5 Å². The van der Waals surface area contributed by atoms with Crippen LogP contribution in [-0.4, -0.2) is 36.5 Å². The summed E-state index contributed by atoms with van der Waals surface area (Å²) < 4.78 is 2.63. The van der Waals surface area contributed by atoms with Crippen LogP contribution >= 0.6 is 0 Å². The van der Waals surface area contributed by atoms with Crippen molar-refractivity contribution in [3.05, 3.63) is 159 Å². The summed E-state index contributed by atoms with van der Waals surface area (Å²) in [6.45, 7) is 21.4. The standard InChI is InChI=1S/C63H76N4O/c1-6-10-14-18-30-42-66(43-31-19-15-11-7-2)61-51-38-26-22-34-47(51)56(48-35-23-27-39-52(48)61)59-58(55(46-64)65-5)60(63(59)68)57-49-36-24-28-40-53(49)62(54-41-29-25-37-50(54)57)67(44-32-20-16-12-8-3)45-33-21-17-13-9-4/h22-29,34-41H,6-21,30-33,42-45H2,1-4H3. The fourth-order valence-electron chi connectivity index (χ4n) is 11.0. The first kappa shape index (κ1) is 50.0. The van der Waals surface area contributed by atoms with E-state index in [1.165, 1.54) is 114 Å². The lowest BCUT2D eigenvalue weighted by atomic mass is 9.69. The van der Waals surface area contributed by atoms with Crippen LogP contribution in [0.5, 0.6) is 0 Å². The average Bonchev–Trinajstić information content (AvgIpc) is 3.37. The summed E-state index contributed by atoms with van der Waals surface area (Å²) in [6, 6.07) is 36.5. The van der Waals surface area contributed by atoms with Gasteiger partial charge in [-0.15, -0.1) is 0 Å². The molecule has 68 heavy (non-hydrogen) atoms. The monoisotopic (exact) mass is 905 g/mol. The van der Waals surface area contributed by atoms with E-state index in [1.54, 1.807) is 0 Å². The predicted octanol–water partition coefficient (Wildman–Crippen LogP) is 16.1. The molecule has 5 aromatic carbocycles. The number of fused-ring (bicyclic) bond motifs is 4. The number of hydrogen-bond donors (Lipinski definition) is 0. The molecule has 354 valence electrons. The van der Waals surface area contributed by atoms with E-state index in [9.17, 15) is 5.26 Å². The highest BCUT2D eigenvalue weighted by molar-refractivity contribution is 6.25. The lowest BCUT2D eigenvalue weighted by Gasteiger charge is -2.41. The van der Waals surface area contributed by atoms with Gasteiger partial charge in [0, 0.05) is 42.3 Å². The highest BCUT2D eigenvalue weighted by Gasteiger charge is 2.39. The molecule has 0 radical (unpaired) electrons. The summed E-state index contributed by atoms with van der Waals surface area (Å²) in [6.07, 6.45) is 24.3. The molecular formula is C63H76N4O. The van der Waals surface area contributed by atoms with Gasteiger partial charge in [-0.1, -0.05) is 208 Å². The molecule has 0 N–H and O–H groups in total. The third-order valence-electron chi connectivity index (χ3n) is 14.5. The molecule has 0 heterocycles. The number of nitrogens with zero attached hydrogens (tertiary/aromatic N) is 4. The molecule has 0 aliphatic heterocycles. The number of nitriles is 1. The molecule has 5 heteroatoms. The van der Waals surface area contributed by atoms with Crippen LogP contribution in [0.1, 0.15) is 184 Å². The van der Waals surface area contributed by atoms with E-state index in [-0.39, 0.29) is 11.5 Å². The van der Waals surface area contributed by atoms with Crippen molar-refractivity contribution < 1.29 is 9.68 Å². The molecule has 2 aliphatic rings. The number of hydrogen-bond acceptors (Lipinski definition) is 3. The van der Waals surface area contributed by atoms with Crippen molar-refractivity contribution in [3.63, 3.8) is 0 Å². The molecule has 0 bridgehead atoms. The molecule has 0 aromatic heterocycles. The fraction of sp³-hybridized carbons (Fsp3) is 0.444. The van der Waals surface area contributed by atoms with Gasteiger partial charge < -0.3 is 10.0 Å². The van der Waals surface area contributed by atoms with Crippen molar-refractivity contribution in [2.45, 2.75) is 156 Å². The van der Waals surface area contributed by atoms with Gasteiger partial charge in [-0.25, -0.2) is 14.7 Å². The second kappa shape index (κ2) is 25.5. The molecule has 0 saturated carbocycles. The van der Waals surface area contributed by atoms with E-state index in [1.807, 2.05) is 0 Å². The van der Waals surface area contributed by atoms with Crippen molar-refractivity contribution in [2.24, 2.45) is 0 Å². The molecule has 5 nitrogen and oxygen atoms in total. The quantitative estimate of drug-likeness (QED) is 0.0179. The number of benzene rings is 5. The minimum absolute atomic E-state index is 0.0364. The average molecular weight is 905 g/mol. The lowest BCUT2D eigenvalue weighted by molar-refractivity contribution is -0.528. The molecule has 0 saturated heterocycles. The minimum Gasteiger partial charge on any atom is -0.872 e. The van der Waals surface area contributed by atoms with E-state index in [2.05, 4.69) is 145 Å². The minimum atomic E-state index is -0.102. The van der Waals surface area contributed by atoms with Gasteiger partial charge in [0.1, 0.15) is 13.1 Å². The second-order valence-corrected chi connectivity index (χ2v) is 19.3. The zero-order valence-electron chi connectivity index (χ0n) is 41.9. The van der Waals surface area contributed by atoms with Crippen molar-refractivity contribution in [2.75, 3.05) is 31.1 Å². The van der Waals surface area contributed by atoms with Crippen LogP contribution in [0.4, 0.5) is 5.69 Å². The zero-order chi connectivity index (χ0) is 47.7. The van der Waals surface area contributed by atoms with Gasteiger partial charge in [0.2, 0.25) is 5.71 Å². The van der Waals surface area contributed by atoms with Gasteiger partial charge >= 0.3 is 0 Å². The number of rotatable bonds is 26. The summed E-state index contributed by atoms with van der Waals surface area (Å²) in [5.74, 6) is -0.102. The lowest BCUT2D eigenvalue weighted by Crippen LogP contribution is -2.31. The molecule has 7 rings (SSSR count). The molecule has 0 unspecified atom stereocenters. The Morgan fingerprint density at radius 1 is 0.515 bits per heavy atom. The largest absolute Gasteiger partial charge is 0.872 e. The Morgan fingerprint density at radius 3 is 1.34 bits per heavy atom. The van der Waals surface area contributed by atoms with Gasteiger partial charge in [-0.2, -0.15) is 0 Å². The summed E-state index contributed by atoms with van der Waals surface area (Å²) in [7, 11) is 0. The van der Waals surface area contributed by atoms with Crippen LogP contribution in [0.3, 0.4) is 0 Å². The Bertz CT molecular complexity index is 2580. The Balaban J connectivity index is 1.44. The summed E-state index contributed by atoms with van der Waals surface area (Å²) in [5.41, 5.74) is 9.72. The van der Waals surface area contributed by atoms with Gasteiger partial charge in [-0.05, 0) is 82.0 Å². The van der Waals surface area contributed by atoms with Gasteiger partial charge in [-0.3, -0.25) is 0 Å². The van der Waals surface area contributed by atoms with Crippen molar-refractivity contribution in [1.29, 1.82) is 5.26 Å². The molecule has 0 fully saturated rings. The topological polar surface area (TPSA) is 57.5 Å². The second-order valence-electron chi connectivity index (χ2n) is 19.3. The molecule has 0 amide bonds. The number of unbranched alkanes of at least 4 members (excludes halogenated alkanes) is 16. The Morgan fingerprint density at radius 2 is 0.912 bits per heavy atom. The Labute approximate surface area is 409 Å². The molecular weight excluding hydrogens is 829 g/mol. The highest BCUT2D eigenvalue weighted by Crippen LogP contribution is 2.55. The van der Waals surface area contributed by atoms with Crippen LogP contribution < -0.4 is 10.0 Å². The first-order valence-electron chi connectivity index (χ1n) is 26.7. The number of anilines is 1. The van der Waals surface area contributed by atoms with Crippen molar-refractivity contribution >= 4 is 44.1 Å². The third kappa shape index (κ3) is 11.0. The fourth-order valence-corrected chi connectivity index (χ4v) is 11.0. The van der Waals surface area contributed by atoms with Crippen LogP contribution in [0, 0.1) is 17.9 Å². The normalized spacial score (nSPS) is 13.9. The predicted molar refractivity (Wildman–Crippen MR) is 287 cm³/mol. The smallest absolute Gasteiger partial charge is 0.270 e. The number of allylic oxidation sites excluding steroid dienone is 3. The van der Waals surface area contributed by atoms with E-state index < -0.39 is 0 Å². The molecule has 0 atom stereocenters. The Hall–Kier alpha value is -5.91. The first-order chi connectivity index (χ1) is 33.5. The van der Waals surface area contributed by atoms with Crippen molar-refractivity contribution in [1.82, 2.24) is 0 Å². The molecule has 5 aromatic rings. The van der Waals surface area contributed by atoms with E-state index in [0.29, 0.717) is 16.7 Å². The SMILES string of the molecule is [C-]#[N+]/C(C#N)=C1\C(=C2c3ccccc3C(=[N+](CCCCCCC)CCCCCCC)c3ccccc32)C([O-])=C1c1c2ccccc2c(N(CCCCCCC)CCCCCCC)c2ccccc12. The summed E-state index contributed by atoms with van der Waals surface area (Å²) in [5, 5.41) is 30.7. The van der Waals surface area contributed by atoms with Crippen LogP contribution in [0.25, 0.3) is 37.5 Å². The zero-order valence-corrected chi connectivity index (χ0v) is 41.9. The van der Waals surface area contributed by atoms with E-state index in [0.717, 1.165) is 107 Å². The van der Waals surface area contributed by atoms with Gasteiger partial charge in [0.25, 0.3) is 5.70 Å². The van der Waals surface area contributed by atoms with Gasteiger partial charge in [0.15, 0.2) is 0 Å². The van der Waals surface area contributed by atoms with Crippen LogP contribution in [0.2, 0.25) is 0 Å². The van der Waals surface area contributed by atoms with Crippen molar-refractivity contribution in [3.8, 4) is 6.07 Å². The maximum Gasteiger partial charge on any atom is 0.270 e. The Kier molecular flexibility index (Phi) is 18.7. The van der Waals surface area contributed by atoms with E-state index >= 15 is 5.11 Å².